The number of rotatable bonds is 2. The molecule has 0 atom stereocenters. The lowest BCUT2D eigenvalue weighted by Crippen LogP contribution is -2.28. The van der Waals surface area contributed by atoms with E-state index in [1.165, 1.54) is 6.92 Å². The van der Waals surface area contributed by atoms with Crippen molar-refractivity contribution in [2.75, 3.05) is 0 Å². The highest BCUT2D eigenvalue weighted by Gasteiger charge is 2.06. The molecular weight excluding hydrogens is 245 g/mol. The molecule has 0 spiro atoms. The molecule has 3 N–H and O–H groups in total. The van der Waals surface area contributed by atoms with Crippen LogP contribution in [0.15, 0.2) is 9.59 Å². The van der Waals surface area contributed by atoms with Crippen LogP contribution in [-0.2, 0) is 11.3 Å². The maximum atomic E-state index is 11.0. The SMILES string of the molecule is CC(=O)NCc1[nH]c(=O)[nH]c(=O)c1Cl.Cl. The van der Waals surface area contributed by atoms with Crippen LogP contribution in [0.3, 0.4) is 0 Å². The molecule has 0 saturated carbocycles. The Morgan fingerprint density at radius 3 is 2.53 bits per heavy atom. The zero-order chi connectivity index (χ0) is 10.7. The molecule has 0 saturated heterocycles. The zero-order valence-electron chi connectivity index (χ0n) is 7.72. The zero-order valence-corrected chi connectivity index (χ0v) is 9.29. The van der Waals surface area contributed by atoms with E-state index in [0.29, 0.717) is 0 Å². The minimum atomic E-state index is -0.671. The molecular formula is C7H9Cl2N3O3. The van der Waals surface area contributed by atoms with Crippen LogP contribution in [0.25, 0.3) is 0 Å². The summed E-state index contributed by atoms with van der Waals surface area (Å²) in [6.45, 7) is 1.34. The first-order valence-corrected chi connectivity index (χ1v) is 4.14. The normalized spacial score (nSPS) is 9.20. The number of aromatic amines is 2. The van der Waals surface area contributed by atoms with Crippen LogP contribution in [-0.4, -0.2) is 15.9 Å². The van der Waals surface area contributed by atoms with Crippen LogP contribution in [0.5, 0.6) is 0 Å². The first kappa shape index (κ1) is 13.7. The molecule has 84 valence electrons. The van der Waals surface area contributed by atoms with Crippen molar-refractivity contribution in [3.05, 3.63) is 31.6 Å². The van der Waals surface area contributed by atoms with E-state index in [1.807, 2.05) is 4.98 Å². The monoisotopic (exact) mass is 253 g/mol. The van der Waals surface area contributed by atoms with Gasteiger partial charge in [-0.15, -0.1) is 12.4 Å². The van der Waals surface area contributed by atoms with E-state index in [-0.39, 0.29) is 35.6 Å². The number of hydrogen-bond acceptors (Lipinski definition) is 3. The molecule has 15 heavy (non-hydrogen) atoms. The fourth-order valence-electron chi connectivity index (χ4n) is 0.853. The van der Waals surface area contributed by atoms with E-state index in [0.717, 1.165) is 0 Å². The molecule has 0 aliphatic rings. The molecule has 1 rings (SSSR count). The third-order valence-corrected chi connectivity index (χ3v) is 1.87. The Kier molecular flexibility index (Phi) is 5.10. The third kappa shape index (κ3) is 3.77. The highest BCUT2D eigenvalue weighted by molar-refractivity contribution is 6.30. The molecule has 1 heterocycles. The number of aromatic nitrogens is 2. The summed E-state index contributed by atoms with van der Waals surface area (Å²) in [5.41, 5.74) is -1.13. The van der Waals surface area contributed by atoms with Crippen molar-refractivity contribution >= 4 is 29.9 Å². The van der Waals surface area contributed by atoms with Crippen LogP contribution < -0.4 is 16.6 Å². The molecule has 1 aromatic rings. The van der Waals surface area contributed by atoms with Crippen molar-refractivity contribution < 1.29 is 4.79 Å². The molecule has 0 aliphatic carbocycles. The molecule has 0 fully saturated rings. The van der Waals surface area contributed by atoms with Crippen LogP contribution >= 0.6 is 24.0 Å². The Morgan fingerprint density at radius 2 is 2.00 bits per heavy atom. The molecule has 8 heteroatoms. The molecule has 0 radical (unpaired) electrons. The number of amides is 1. The van der Waals surface area contributed by atoms with E-state index in [2.05, 4.69) is 10.3 Å². The van der Waals surface area contributed by atoms with E-state index < -0.39 is 11.2 Å². The summed E-state index contributed by atoms with van der Waals surface area (Å²) in [6.07, 6.45) is 0. The lowest BCUT2D eigenvalue weighted by molar-refractivity contribution is -0.119. The van der Waals surface area contributed by atoms with Crippen molar-refractivity contribution in [1.29, 1.82) is 0 Å². The summed E-state index contributed by atoms with van der Waals surface area (Å²) in [6, 6.07) is 0. The number of H-pyrrole nitrogens is 2. The molecule has 1 amide bonds. The number of nitrogens with one attached hydrogen (secondary N) is 3. The standard InChI is InChI=1S/C7H8ClN3O3.ClH/c1-3(12)9-2-4-5(8)6(13)11-7(14)10-4;/h2H2,1H3,(H,9,12)(H2,10,11,13,14);1H. The van der Waals surface area contributed by atoms with Crippen molar-refractivity contribution in [1.82, 2.24) is 15.3 Å². The molecule has 0 aromatic carbocycles. The van der Waals surface area contributed by atoms with Crippen molar-refractivity contribution in [2.45, 2.75) is 13.5 Å². The van der Waals surface area contributed by atoms with Crippen LogP contribution in [0, 0.1) is 0 Å². The Balaban J connectivity index is 0.00000196. The van der Waals surface area contributed by atoms with Crippen LogP contribution in [0.1, 0.15) is 12.6 Å². The Bertz CT molecular complexity index is 465. The van der Waals surface area contributed by atoms with Crippen LogP contribution in [0.4, 0.5) is 0 Å². The second kappa shape index (κ2) is 5.57. The van der Waals surface area contributed by atoms with Gasteiger partial charge >= 0.3 is 5.69 Å². The fraction of sp³-hybridized carbons (Fsp3) is 0.286. The summed E-state index contributed by atoms with van der Waals surface area (Å²) in [7, 11) is 0. The number of carbonyl (C=O) groups is 1. The second-order valence-corrected chi connectivity index (χ2v) is 2.99. The van der Waals surface area contributed by atoms with Gasteiger partial charge in [0.1, 0.15) is 5.02 Å². The lowest BCUT2D eigenvalue weighted by Gasteiger charge is -2.02. The van der Waals surface area contributed by atoms with Crippen molar-refractivity contribution in [2.24, 2.45) is 0 Å². The molecule has 0 unspecified atom stereocenters. The number of hydrogen-bond donors (Lipinski definition) is 3. The summed E-state index contributed by atoms with van der Waals surface area (Å²) in [5, 5.41) is 2.28. The van der Waals surface area contributed by atoms with Gasteiger partial charge in [0, 0.05) is 6.92 Å². The minimum Gasteiger partial charge on any atom is -0.351 e. The lowest BCUT2D eigenvalue weighted by atomic mass is 10.4. The van der Waals surface area contributed by atoms with Crippen molar-refractivity contribution in [3.63, 3.8) is 0 Å². The van der Waals surface area contributed by atoms with Gasteiger partial charge in [-0.1, -0.05) is 11.6 Å². The van der Waals surface area contributed by atoms with Crippen LogP contribution in [0.2, 0.25) is 5.02 Å². The first-order valence-electron chi connectivity index (χ1n) is 3.76. The fourth-order valence-corrected chi connectivity index (χ4v) is 1.01. The highest BCUT2D eigenvalue weighted by Crippen LogP contribution is 2.03. The highest BCUT2D eigenvalue weighted by atomic mass is 35.5. The summed E-state index contributed by atoms with van der Waals surface area (Å²) < 4.78 is 0. The summed E-state index contributed by atoms with van der Waals surface area (Å²) in [5.74, 6) is -0.276. The van der Waals surface area contributed by atoms with E-state index in [4.69, 9.17) is 11.6 Å². The third-order valence-electron chi connectivity index (χ3n) is 1.47. The van der Waals surface area contributed by atoms with Gasteiger partial charge in [0.25, 0.3) is 5.56 Å². The van der Waals surface area contributed by atoms with Gasteiger partial charge in [-0.05, 0) is 0 Å². The molecule has 0 aliphatic heterocycles. The Hall–Kier alpha value is -1.27. The van der Waals surface area contributed by atoms with E-state index in [1.54, 1.807) is 0 Å². The van der Waals surface area contributed by atoms with Gasteiger partial charge in [0.05, 0.1) is 12.2 Å². The smallest absolute Gasteiger partial charge is 0.326 e. The van der Waals surface area contributed by atoms with Gasteiger partial charge in [-0.2, -0.15) is 0 Å². The average Bonchev–Trinajstić information content (AvgIpc) is 2.08. The maximum absolute atomic E-state index is 11.0. The number of carbonyl (C=O) groups excluding carboxylic acids is 1. The Morgan fingerprint density at radius 1 is 1.40 bits per heavy atom. The van der Waals surface area contributed by atoms with Gasteiger partial charge in [0.15, 0.2) is 0 Å². The molecule has 1 aromatic heterocycles. The van der Waals surface area contributed by atoms with Gasteiger partial charge in [-0.3, -0.25) is 14.6 Å². The second-order valence-electron chi connectivity index (χ2n) is 2.61. The largest absolute Gasteiger partial charge is 0.351 e. The summed E-state index contributed by atoms with van der Waals surface area (Å²) >= 11 is 5.58. The van der Waals surface area contributed by atoms with Crippen molar-refractivity contribution in [3.8, 4) is 0 Å². The minimum absolute atomic E-state index is 0. The summed E-state index contributed by atoms with van der Waals surface area (Å²) in [4.78, 5) is 36.6. The van der Waals surface area contributed by atoms with Gasteiger partial charge < -0.3 is 10.3 Å². The maximum Gasteiger partial charge on any atom is 0.326 e. The first-order chi connectivity index (χ1) is 6.50. The number of halogens is 2. The van der Waals surface area contributed by atoms with E-state index in [9.17, 15) is 14.4 Å². The quantitative estimate of drug-likeness (QED) is 0.680. The molecule has 0 bridgehead atoms. The van der Waals surface area contributed by atoms with Gasteiger partial charge in [0.2, 0.25) is 5.91 Å². The predicted octanol–water partition coefficient (Wildman–Crippen LogP) is -0.225. The molecule has 6 nitrogen and oxygen atoms in total. The Labute approximate surface area is 95.5 Å². The topological polar surface area (TPSA) is 94.8 Å². The van der Waals surface area contributed by atoms with Gasteiger partial charge in [-0.25, -0.2) is 4.79 Å². The average molecular weight is 254 g/mol. The van der Waals surface area contributed by atoms with E-state index >= 15 is 0 Å². The predicted molar refractivity (Wildman–Crippen MR) is 57.5 cm³/mol.